The molecule has 0 aromatic rings. The Morgan fingerprint density at radius 2 is 0.743 bits per heavy atom. The first kappa shape index (κ1) is 85.2. The summed E-state index contributed by atoms with van der Waals surface area (Å²) in [6.45, 7) is 22.4. The predicted molar refractivity (Wildman–Crippen MR) is 295 cm³/mol. The molecule has 16 heteroatoms. The van der Waals surface area contributed by atoms with Gasteiger partial charge in [0.05, 0.1) is 20.2 Å². The molecule has 0 rings (SSSR count). The summed E-state index contributed by atoms with van der Waals surface area (Å²) < 4.78 is 9.10. The molecule has 0 aromatic heterocycles. The Bertz CT molecular complexity index is 2290. The molecule has 0 aliphatic heterocycles. The maximum absolute atomic E-state index is 11.2. The van der Waals surface area contributed by atoms with Gasteiger partial charge in [0.25, 0.3) is 0 Å². The van der Waals surface area contributed by atoms with Crippen molar-refractivity contribution in [2.45, 2.75) is 83.1 Å². The van der Waals surface area contributed by atoms with E-state index in [-0.39, 0.29) is 88.9 Å². The normalized spacial score (nSPS) is 12.7. The van der Waals surface area contributed by atoms with Crippen molar-refractivity contribution >= 4 is 65.4 Å². The van der Waals surface area contributed by atoms with Crippen molar-refractivity contribution < 1.29 is 117 Å². The Morgan fingerprint density at radius 1 is 0.459 bits per heavy atom. The first-order chi connectivity index (χ1) is 34.1. The van der Waals surface area contributed by atoms with E-state index in [2.05, 4.69) is 69.6 Å². The van der Waals surface area contributed by atoms with Crippen LogP contribution in [0.25, 0.3) is 0 Å². The number of methoxy groups -OCH3 is 2. The van der Waals surface area contributed by atoms with Crippen molar-refractivity contribution in [3.8, 4) is 0 Å². The Labute approximate surface area is 489 Å². The van der Waals surface area contributed by atoms with Crippen LogP contribution >= 0.6 is 16.8 Å². The summed E-state index contributed by atoms with van der Waals surface area (Å²) in [6.07, 6.45) is 52.0. The molecule has 1 atom stereocenters. The average Bonchev–Trinajstić information content (AvgIpc) is 3.34. The topological polar surface area (TPSA) is 195 Å². The zero-order valence-electron chi connectivity index (χ0n) is 46.1. The van der Waals surface area contributed by atoms with Crippen LogP contribution in [0.3, 0.4) is 0 Å². The van der Waals surface area contributed by atoms with Crippen molar-refractivity contribution in [3.63, 3.8) is 0 Å². The summed E-state index contributed by atoms with van der Waals surface area (Å²) in [5, 5.41) is 10.5. The molecule has 388 valence electrons. The molecule has 0 N–H and O–H groups in total. The molecule has 0 heterocycles. The maximum Gasteiger partial charge on any atom is 1.00 e. The Balaban J connectivity index is -0.000000130. The molecule has 0 aromatic carbocycles. The molecule has 0 saturated heterocycles. The van der Waals surface area contributed by atoms with Crippen LogP contribution in [0.2, 0.25) is 0 Å². The van der Waals surface area contributed by atoms with E-state index in [1.807, 2.05) is 112 Å². The van der Waals surface area contributed by atoms with Gasteiger partial charge in [-0.2, -0.15) is 19.2 Å². The fourth-order valence-electron chi connectivity index (χ4n) is 3.60. The van der Waals surface area contributed by atoms with Gasteiger partial charge in [-0.25, -0.2) is 21.7 Å². The molecule has 0 amide bonds. The molecule has 0 spiro atoms. The van der Waals surface area contributed by atoms with Gasteiger partial charge in [-0.05, 0) is 105 Å². The minimum Gasteiger partial charge on any atom is -0.545 e. The van der Waals surface area contributed by atoms with Crippen LogP contribution in [0.15, 0.2) is 208 Å². The predicted octanol–water partition coefficient (Wildman–Crippen LogP) is 5.57. The van der Waals surface area contributed by atoms with Crippen molar-refractivity contribution in [1.82, 2.24) is 0 Å². The number of carboxylic acid groups (broad SMARTS) is 1. The van der Waals surface area contributed by atoms with Gasteiger partial charge >= 0.3 is 83.4 Å². The molecule has 0 aliphatic carbocycles. The van der Waals surface area contributed by atoms with Gasteiger partial charge in [-0.1, -0.05) is 172 Å². The Kier molecular flexibility index (Phi) is 75.4. The smallest absolute Gasteiger partial charge is 0.545 e. The van der Waals surface area contributed by atoms with Gasteiger partial charge in [0, 0.05) is 11.1 Å². The third-order valence-corrected chi connectivity index (χ3v) is 8.27. The molecule has 0 radical (unpaired) electrons. The second-order valence-corrected chi connectivity index (χ2v) is 15.8. The second-order valence-electron chi connectivity index (χ2n) is 14.3. The van der Waals surface area contributed by atoms with Crippen molar-refractivity contribution in [1.29, 1.82) is 0 Å². The second kappa shape index (κ2) is 65.4. The summed E-state index contributed by atoms with van der Waals surface area (Å²) in [7, 11) is 6.32. The van der Waals surface area contributed by atoms with Gasteiger partial charge in [-0.3, -0.25) is 15.7 Å². The molecular weight excluding hydrogens is 997 g/mol. The number of carboxylic acids is 1. The van der Waals surface area contributed by atoms with E-state index in [1.54, 1.807) is 70.2 Å². The van der Waals surface area contributed by atoms with E-state index in [1.165, 1.54) is 38.4 Å². The summed E-state index contributed by atoms with van der Waals surface area (Å²) in [4.78, 5) is 85.1. The molecule has 74 heavy (non-hydrogen) atoms. The molecule has 0 fully saturated rings. The summed E-state index contributed by atoms with van der Waals surface area (Å²) >= 11 is 0. The van der Waals surface area contributed by atoms with Gasteiger partial charge in [0.2, 0.25) is 0 Å². The molecule has 12 nitrogen and oxygen atoms in total. The van der Waals surface area contributed by atoms with Crippen LogP contribution in [0.5, 0.6) is 0 Å². The zero-order chi connectivity index (χ0) is 56.5. The number of hydrogen-bond donors (Lipinski definition) is 0. The molecule has 0 aliphatic rings. The van der Waals surface area contributed by atoms with E-state index in [0.29, 0.717) is 22.3 Å². The van der Waals surface area contributed by atoms with Gasteiger partial charge in [0.15, 0.2) is 0 Å². The van der Waals surface area contributed by atoms with Crippen LogP contribution in [-0.2, 0) is 52.6 Å². The average molecular weight is 1070 g/mol. The van der Waals surface area contributed by atoms with E-state index in [4.69, 9.17) is 19.2 Å². The number of aliphatic carboxylic acids is 1. The number of rotatable bonds is 20. The van der Waals surface area contributed by atoms with Crippen LogP contribution in [0, 0.1) is 6.08 Å². The molecule has 0 bridgehead atoms. The fraction of sp³-hybridized carbons (Fsp3) is 0.241. The van der Waals surface area contributed by atoms with Crippen LogP contribution in [0.1, 0.15) is 83.1 Å². The molecule has 1 unspecified atom stereocenters. The van der Waals surface area contributed by atoms with E-state index >= 15 is 0 Å². The van der Waals surface area contributed by atoms with Gasteiger partial charge in [0.1, 0.15) is 12.6 Å². The Hall–Kier alpha value is -5.57. The minimum atomic E-state index is -1.15. The zero-order valence-corrected chi connectivity index (χ0v) is 52.1. The fourth-order valence-corrected chi connectivity index (χ4v) is 4.17. The Morgan fingerprint density at radius 3 is 1.01 bits per heavy atom. The third-order valence-electron chi connectivity index (χ3n) is 7.43. The SMILES string of the molecule is COC(=O)/C(C)=C/C=C/C(C)=C/C=C/C=C(C)/C=C/C=C(C)C.COC(=O)/C(C)=C/C=PP.C[C-]=C/C=C/C(C)=C/C=C/C=C(C)/C=C/C=C(\C)C(=O)[O-].C\C(C=O)=C/C=C/C=C(\C)C=O.O=C=O.O=C=O.[Na+].[Na+]. The number of esters is 2. The summed E-state index contributed by atoms with van der Waals surface area (Å²) in [5.41, 5.74) is 8.46. The third kappa shape index (κ3) is 73.0. The number of hydrogen-bond acceptors (Lipinski definition) is 12. The first-order valence-corrected chi connectivity index (χ1v) is 24.1. The summed E-state index contributed by atoms with van der Waals surface area (Å²) in [6, 6.07) is 0. The standard InChI is InChI=1S/C21H28O2.C19H23O2.C10H12O2.C6H10O2P2.2CO2.2Na/c1-17(2)11-9-14-18(3)12-7-8-13-19(4)15-10-16-20(5)21(22)23-6;1-5-6-7-11-16(2)12-8-9-13-17(3)14-10-15-18(4)19(20)21;1-9(7-11)5-3-4-6-10(2)8-12;1-5(3-4-10-9)6(7)8-2;2*2-1-3;;/h7-16H,1-6H3;6-15H,1-4H3,(H,20,21);3-8H,1-2H3;3-4H,9H2,1-2H3;;;;/q;-1;;;;;2*+1/p-1/b8-7+,14-9+,15-10+,18-12+,19-13+,20-16+;9-8+,11-7+,14-10+,16-12+,17-13+,18-15+;4-3+,9-5+,10-6+;5-3+;;;;. The van der Waals surface area contributed by atoms with E-state index in [9.17, 15) is 29.1 Å². The van der Waals surface area contributed by atoms with E-state index in [0.717, 1.165) is 37.2 Å². The van der Waals surface area contributed by atoms with Crippen molar-refractivity contribution in [3.05, 3.63) is 214 Å². The number of carbonyl (C=O) groups is 5. The number of ether oxygens (including phenoxy) is 2. The monoisotopic (exact) mass is 1070 g/mol. The quantitative estimate of drug-likeness (QED) is 0.0280. The van der Waals surface area contributed by atoms with Crippen LogP contribution < -0.4 is 64.2 Å². The van der Waals surface area contributed by atoms with Crippen molar-refractivity contribution in [2.24, 2.45) is 0 Å². The maximum atomic E-state index is 11.2. The largest absolute Gasteiger partial charge is 1.00 e. The number of aldehydes is 2. The van der Waals surface area contributed by atoms with E-state index < -0.39 is 5.97 Å². The van der Waals surface area contributed by atoms with Crippen molar-refractivity contribution in [2.75, 3.05) is 14.2 Å². The summed E-state index contributed by atoms with van der Waals surface area (Å²) in [5.74, 6) is 0.130. The first-order valence-electron chi connectivity index (χ1n) is 21.5. The van der Waals surface area contributed by atoms with Gasteiger partial charge < -0.3 is 19.4 Å². The number of carbonyl (C=O) groups excluding carboxylic acids is 9. The van der Waals surface area contributed by atoms with Crippen LogP contribution in [0.4, 0.5) is 0 Å². The minimum absolute atomic E-state index is 0. The van der Waals surface area contributed by atoms with Crippen LogP contribution in [-0.4, -0.2) is 62.8 Å². The molecular formula is C58H72Na2O12P2. The van der Waals surface area contributed by atoms with Gasteiger partial charge in [-0.15, -0.1) is 13.0 Å². The molecule has 0 saturated carbocycles. The number of allylic oxidation sites excluding steroid dienone is 33.